The Balaban J connectivity index is 1.10. The molecule has 2 unspecified atom stereocenters. The first-order valence-corrected chi connectivity index (χ1v) is 15.5. The Hall–Kier alpha value is -1.80. The third-order valence-electron chi connectivity index (χ3n) is 12.9. The van der Waals surface area contributed by atoms with E-state index in [2.05, 4.69) is 52.6 Å². The number of esters is 1. The van der Waals surface area contributed by atoms with Gasteiger partial charge in [0.05, 0.1) is 23.4 Å². The van der Waals surface area contributed by atoms with Crippen molar-refractivity contribution in [2.45, 2.75) is 121 Å². The minimum Gasteiger partial charge on any atom is -0.456 e. The predicted molar refractivity (Wildman–Crippen MR) is 146 cm³/mol. The lowest BCUT2D eigenvalue weighted by Crippen LogP contribution is -2.55. The minimum atomic E-state index is -1.23. The topological polar surface area (TPSA) is 79.4 Å². The third kappa shape index (κ3) is 3.16. The fourth-order valence-electron chi connectivity index (χ4n) is 10.2. The van der Waals surface area contributed by atoms with E-state index in [0.29, 0.717) is 30.1 Å². The summed E-state index contributed by atoms with van der Waals surface area (Å²) in [5, 5.41) is 0. The van der Waals surface area contributed by atoms with Crippen molar-refractivity contribution in [1.29, 1.82) is 0 Å². The molecule has 0 amide bonds. The number of fused-ring (bicyclic) bond motifs is 8. The molecular weight excluding hydrogens is 506 g/mol. The van der Waals surface area contributed by atoms with Gasteiger partial charge in [-0.1, -0.05) is 32.4 Å². The fraction of sp³-hybridized carbons (Fsp3) is 0.758. The summed E-state index contributed by atoms with van der Waals surface area (Å²) in [5.41, 5.74) is 1.06. The number of allylic oxidation sites excluding steroid dienone is 1. The van der Waals surface area contributed by atoms with Crippen LogP contribution in [0.3, 0.4) is 0 Å². The van der Waals surface area contributed by atoms with Crippen LogP contribution in [-0.4, -0.2) is 46.1 Å². The highest BCUT2D eigenvalue weighted by Gasteiger charge is 2.73. The molecule has 1 aromatic rings. The standard InChI is InChI=1S/C33H43NO6/c1-18(24-16-31(6)29(3,4)39-33(37-24,40-31)20-8-7-15-34-17-20)22-9-10-23-26-21(11-13-30(22,23)5)19(2)32(28-27(26)36-28)14-12-25(35)38-32/h7-8,11,15,17-19,22-24,26-28H,9-10,12-14,16H2,1-6H3/t18-,19+,22?,23?,24+,26+,27+,28+,30+,31+,32+,33-/m0/s1. The summed E-state index contributed by atoms with van der Waals surface area (Å²) in [6.45, 7) is 13.6. The average molecular weight is 550 g/mol. The molecule has 6 fully saturated rings. The maximum atomic E-state index is 12.2. The fourth-order valence-corrected chi connectivity index (χ4v) is 10.2. The molecule has 8 rings (SSSR count). The lowest BCUT2D eigenvalue weighted by Gasteiger charge is -2.52. The van der Waals surface area contributed by atoms with E-state index in [1.54, 1.807) is 12.4 Å². The molecule has 12 atom stereocenters. The second-order valence-corrected chi connectivity index (χ2v) is 14.9. The number of carbonyl (C=O) groups is 1. The van der Waals surface area contributed by atoms with Gasteiger partial charge >= 0.3 is 11.9 Å². The number of aromatic nitrogens is 1. The van der Waals surface area contributed by atoms with Crippen LogP contribution in [0, 0.1) is 35.0 Å². The van der Waals surface area contributed by atoms with Gasteiger partial charge in [0.15, 0.2) is 0 Å². The SMILES string of the molecule is C[C@@H]1C2=CC[C@@]3(C)C(CCC3[C@H](C)[C@H]3C[C@@]4(C)O[C@@](c5cccnc5)(O3)OC4(C)C)[C@@H]2[C@H]2O[C@H]2[C@@]12CCC(=O)O2. The molecule has 1 aromatic heterocycles. The Morgan fingerprint density at radius 3 is 2.67 bits per heavy atom. The van der Waals surface area contributed by atoms with Crippen LogP contribution in [0.2, 0.25) is 0 Å². The number of nitrogens with zero attached hydrogens (tertiary/aromatic N) is 1. The molecule has 0 radical (unpaired) electrons. The van der Waals surface area contributed by atoms with Crippen molar-refractivity contribution in [2.75, 3.05) is 0 Å². The summed E-state index contributed by atoms with van der Waals surface area (Å²) < 4.78 is 32.6. The predicted octanol–water partition coefficient (Wildman–Crippen LogP) is 5.67. The van der Waals surface area contributed by atoms with Crippen LogP contribution in [-0.2, 0) is 34.5 Å². The van der Waals surface area contributed by atoms with E-state index in [4.69, 9.17) is 23.7 Å². The van der Waals surface area contributed by atoms with Crippen molar-refractivity contribution >= 4 is 5.97 Å². The second kappa shape index (κ2) is 7.97. The first-order valence-electron chi connectivity index (χ1n) is 15.5. The number of ether oxygens (including phenoxy) is 5. The van der Waals surface area contributed by atoms with Gasteiger partial charge in [0.1, 0.15) is 17.3 Å². The average Bonchev–Trinajstić information content (AvgIpc) is 3.47. The molecular formula is C33H43NO6. The first kappa shape index (κ1) is 25.9. The van der Waals surface area contributed by atoms with E-state index in [9.17, 15) is 4.79 Å². The zero-order valence-corrected chi connectivity index (χ0v) is 24.6. The lowest BCUT2D eigenvalue weighted by atomic mass is 9.53. The summed E-state index contributed by atoms with van der Waals surface area (Å²) in [7, 11) is 0. The number of hydrogen-bond acceptors (Lipinski definition) is 7. The normalized spacial score (nSPS) is 52.4. The van der Waals surface area contributed by atoms with Crippen LogP contribution in [0.25, 0.3) is 0 Å². The van der Waals surface area contributed by atoms with Gasteiger partial charge in [-0.05, 0) is 75.3 Å². The van der Waals surface area contributed by atoms with Crippen LogP contribution in [0.15, 0.2) is 36.2 Å². The van der Waals surface area contributed by atoms with E-state index >= 15 is 0 Å². The van der Waals surface area contributed by atoms with E-state index < -0.39 is 22.8 Å². The molecule has 2 bridgehead atoms. The van der Waals surface area contributed by atoms with Gasteiger partial charge in [-0.25, -0.2) is 0 Å². The highest BCUT2D eigenvalue weighted by molar-refractivity contribution is 5.73. The summed E-state index contributed by atoms with van der Waals surface area (Å²) in [5.74, 6) is 0.771. The highest BCUT2D eigenvalue weighted by atomic mass is 16.9. The molecule has 0 N–H and O–H groups in total. The van der Waals surface area contributed by atoms with Crippen LogP contribution in [0.4, 0.5) is 0 Å². The Kier molecular flexibility index (Phi) is 5.16. The van der Waals surface area contributed by atoms with Crippen molar-refractivity contribution in [3.05, 3.63) is 41.7 Å². The lowest BCUT2D eigenvalue weighted by molar-refractivity contribution is -0.407. The quantitative estimate of drug-likeness (QED) is 0.273. The first-order chi connectivity index (χ1) is 18.9. The zero-order valence-electron chi connectivity index (χ0n) is 24.6. The van der Waals surface area contributed by atoms with Crippen LogP contribution in [0.5, 0.6) is 0 Å². The molecule has 216 valence electrons. The molecule has 1 spiro atoms. The monoisotopic (exact) mass is 549 g/mol. The number of hydrogen-bond donors (Lipinski definition) is 0. The summed E-state index contributed by atoms with van der Waals surface area (Å²) in [6, 6.07) is 3.91. The van der Waals surface area contributed by atoms with Gasteiger partial charge in [0.25, 0.3) is 0 Å². The van der Waals surface area contributed by atoms with Gasteiger partial charge in [0.2, 0.25) is 0 Å². The minimum absolute atomic E-state index is 0.00283. The summed E-state index contributed by atoms with van der Waals surface area (Å²) in [6.07, 6.45) is 11.9. The molecule has 0 aromatic carbocycles. The summed E-state index contributed by atoms with van der Waals surface area (Å²) in [4.78, 5) is 16.5. The molecule has 3 aliphatic carbocycles. The molecule has 4 aliphatic heterocycles. The molecule has 5 heterocycles. The maximum absolute atomic E-state index is 12.2. The summed E-state index contributed by atoms with van der Waals surface area (Å²) >= 11 is 0. The van der Waals surface area contributed by atoms with Gasteiger partial charge in [0, 0.05) is 43.5 Å². The maximum Gasteiger partial charge on any atom is 0.315 e. The van der Waals surface area contributed by atoms with Gasteiger partial charge < -0.3 is 23.7 Å². The van der Waals surface area contributed by atoms with Crippen molar-refractivity contribution in [3.63, 3.8) is 0 Å². The van der Waals surface area contributed by atoms with E-state index in [0.717, 1.165) is 24.8 Å². The molecule has 4 saturated heterocycles. The Labute approximate surface area is 237 Å². The number of pyridine rings is 1. The van der Waals surface area contributed by atoms with Crippen LogP contribution in [0.1, 0.15) is 85.6 Å². The Bertz CT molecular complexity index is 1280. The molecule has 7 nitrogen and oxygen atoms in total. The highest BCUT2D eigenvalue weighted by Crippen LogP contribution is 2.68. The molecule has 40 heavy (non-hydrogen) atoms. The Morgan fingerprint density at radius 2 is 1.95 bits per heavy atom. The molecule has 2 saturated carbocycles. The van der Waals surface area contributed by atoms with Crippen molar-refractivity contribution in [2.24, 2.45) is 35.0 Å². The van der Waals surface area contributed by atoms with E-state index in [1.807, 2.05) is 12.1 Å². The molecule has 7 aliphatic rings. The van der Waals surface area contributed by atoms with Gasteiger partial charge in [-0.2, -0.15) is 0 Å². The largest absolute Gasteiger partial charge is 0.456 e. The van der Waals surface area contributed by atoms with Gasteiger partial charge in [-0.15, -0.1) is 0 Å². The van der Waals surface area contributed by atoms with Gasteiger partial charge in [-0.3, -0.25) is 9.78 Å². The third-order valence-corrected chi connectivity index (χ3v) is 12.9. The second-order valence-electron chi connectivity index (χ2n) is 14.9. The smallest absolute Gasteiger partial charge is 0.315 e. The number of epoxide rings is 1. The number of rotatable bonds is 3. The molecule has 7 heteroatoms. The zero-order chi connectivity index (χ0) is 27.9. The number of carbonyl (C=O) groups excluding carboxylic acids is 1. The van der Waals surface area contributed by atoms with Crippen LogP contribution >= 0.6 is 0 Å². The van der Waals surface area contributed by atoms with Crippen molar-refractivity contribution in [3.8, 4) is 0 Å². The Morgan fingerprint density at radius 1 is 1.12 bits per heavy atom. The van der Waals surface area contributed by atoms with E-state index in [1.165, 1.54) is 18.4 Å². The van der Waals surface area contributed by atoms with Crippen LogP contribution < -0.4 is 0 Å². The van der Waals surface area contributed by atoms with Crippen molar-refractivity contribution < 1.29 is 28.5 Å². The van der Waals surface area contributed by atoms with Crippen molar-refractivity contribution in [1.82, 2.24) is 4.98 Å². The van der Waals surface area contributed by atoms with E-state index in [-0.39, 0.29) is 35.6 Å².